The fourth-order valence-electron chi connectivity index (χ4n) is 2.25. The highest BCUT2D eigenvalue weighted by Crippen LogP contribution is 2.25. The molecule has 118 valence electrons. The molecule has 1 aromatic heterocycles. The van der Waals surface area contributed by atoms with Crippen LogP contribution < -0.4 is 5.32 Å². The number of nitrogens with zero attached hydrogens (tertiary/aromatic N) is 1. The summed E-state index contributed by atoms with van der Waals surface area (Å²) in [5.74, 6) is 0.714. The molecule has 0 radical (unpaired) electrons. The topological polar surface area (TPSA) is 58.3 Å². The highest BCUT2D eigenvalue weighted by molar-refractivity contribution is 6.33. The normalized spacial score (nSPS) is 10.7. The summed E-state index contributed by atoms with van der Waals surface area (Å²) in [6.45, 7) is 2.49. The van der Waals surface area contributed by atoms with Gasteiger partial charge in [0, 0.05) is 11.6 Å². The molecule has 0 amide bonds. The van der Waals surface area contributed by atoms with Gasteiger partial charge in [0.15, 0.2) is 5.76 Å². The number of nitrogens with one attached hydrogen (secondary N) is 1. The van der Waals surface area contributed by atoms with Crippen molar-refractivity contribution in [1.82, 2.24) is 5.16 Å². The molecular weight excluding hydrogens is 312 g/mol. The third-order valence-electron chi connectivity index (χ3n) is 3.57. The second kappa shape index (κ2) is 6.86. The molecule has 23 heavy (non-hydrogen) atoms. The molecule has 0 aliphatic heterocycles. The fourth-order valence-corrected chi connectivity index (χ4v) is 2.43. The van der Waals surface area contributed by atoms with E-state index < -0.39 is 0 Å². The van der Waals surface area contributed by atoms with Crippen LogP contribution in [0.3, 0.4) is 0 Å². The van der Waals surface area contributed by atoms with Crippen molar-refractivity contribution in [2.24, 2.45) is 0 Å². The Morgan fingerprint density at radius 2 is 1.91 bits per heavy atom. The number of hydrogen-bond donors (Lipinski definition) is 2. The van der Waals surface area contributed by atoms with Gasteiger partial charge in [0.2, 0.25) is 0 Å². The Hall–Kier alpha value is -2.30. The molecule has 0 fully saturated rings. The van der Waals surface area contributed by atoms with E-state index in [1.165, 1.54) is 5.56 Å². The summed E-state index contributed by atoms with van der Waals surface area (Å²) < 4.78 is 5.36. The SMILES string of the molecule is Cc1ccc(-c2cc(CNc3cc(CO)ccc3Cl)on2)cc1. The Kier molecular flexibility index (Phi) is 4.65. The van der Waals surface area contributed by atoms with Gasteiger partial charge in [-0.2, -0.15) is 0 Å². The minimum Gasteiger partial charge on any atom is -0.392 e. The summed E-state index contributed by atoms with van der Waals surface area (Å²) in [5, 5.41) is 17.1. The summed E-state index contributed by atoms with van der Waals surface area (Å²) in [6, 6.07) is 15.4. The first-order valence-electron chi connectivity index (χ1n) is 7.31. The standard InChI is InChI=1S/C18H17ClN2O2/c1-12-2-5-14(6-3-12)17-9-15(23-21-17)10-20-18-8-13(11-22)4-7-16(18)19/h2-9,20,22H,10-11H2,1H3. The molecule has 3 rings (SSSR count). The Labute approximate surface area is 139 Å². The Bertz CT molecular complexity index is 797. The van der Waals surface area contributed by atoms with Crippen LogP contribution in [-0.4, -0.2) is 10.3 Å². The quantitative estimate of drug-likeness (QED) is 0.728. The van der Waals surface area contributed by atoms with E-state index in [-0.39, 0.29) is 6.61 Å². The molecule has 2 aromatic carbocycles. The summed E-state index contributed by atoms with van der Waals surface area (Å²) in [7, 11) is 0. The van der Waals surface area contributed by atoms with Crippen LogP contribution in [0.1, 0.15) is 16.9 Å². The van der Waals surface area contributed by atoms with Crippen LogP contribution in [0.15, 0.2) is 53.1 Å². The monoisotopic (exact) mass is 328 g/mol. The van der Waals surface area contributed by atoms with E-state index in [0.717, 1.165) is 22.5 Å². The van der Waals surface area contributed by atoms with E-state index in [0.29, 0.717) is 17.3 Å². The van der Waals surface area contributed by atoms with Crippen molar-refractivity contribution >= 4 is 17.3 Å². The van der Waals surface area contributed by atoms with Gasteiger partial charge >= 0.3 is 0 Å². The van der Waals surface area contributed by atoms with Gasteiger partial charge in [0.05, 0.1) is 23.9 Å². The number of benzene rings is 2. The second-order valence-corrected chi connectivity index (χ2v) is 5.78. The van der Waals surface area contributed by atoms with Crippen molar-refractivity contribution in [2.75, 3.05) is 5.32 Å². The van der Waals surface area contributed by atoms with Gasteiger partial charge in [0.1, 0.15) is 5.69 Å². The van der Waals surface area contributed by atoms with E-state index in [1.807, 2.05) is 43.3 Å². The van der Waals surface area contributed by atoms with Gasteiger partial charge in [0.25, 0.3) is 0 Å². The average Bonchev–Trinajstić information content (AvgIpc) is 3.04. The van der Waals surface area contributed by atoms with Crippen LogP contribution >= 0.6 is 11.6 Å². The van der Waals surface area contributed by atoms with Gasteiger partial charge in [-0.15, -0.1) is 0 Å². The van der Waals surface area contributed by atoms with E-state index >= 15 is 0 Å². The number of aryl methyl sites for hydroxylation is 1. The highest BCUT2D eigenvalue weighted by Gasteiger charge is 2.08. The average molecular weight is 329 g/mol. The Morgan fingerprint density at radius 1 is 1.13 bits per heavy atom. The zero-order valence-corrected chi connectivity index (χ0v) is 13.5. The van der Waals surface area contributed by atoms with Crippen LogP contribution in [-0.2, 0) is 13.2 Å². The van der Waals surface area contributed by atoms with E-state index in [9.17, 15) is 5.11 Å². The number of anilines is 1. The number of aliphatic hydroxyl groups excluding tert-OH is 1. The van der Waals surface area contributed by atoms with E-state index in [1.54, 1.807) is 12.1 Å². The highest BCUT2D eigenvalue weighted by atomic mass is 35.5. The number of rotatable bonds is 5. The molecule has 5 heteroatoms. The first kappa shape index (κ1) is 15.6. The van der Waals surface area contributed by atoms with Crippen LogP contribution in [0.2, 0.25) is 5.02 Å². The maximum atomic E-state index is 9.19. The van der Waals surface area contributed by atoms with E-state index in [2.05, 4.69) is 10.5 Å². The maximum Gasteiger partial charge on any atom is 0.156 e. The minimum absolute atomic E-state index is 0.0221. The zero-order chi connectivity index (χ0) is 16.2. The number of halogens is 1. The lowest BCUT2D eigenvalue weighted by Gasteiger charge is -2.07. The van der Waals surface area contributed by atoms with Crippen LogP contribution in [0.5, 0.6) is 0 Å². The third-order valence-corrected chi connectivity index (χ3v) is 3.90. The van der Waals surface area contributed by atoms with Crippen molar-refractivity contribution in [3.8, 4) is 11.3 Å². The van der Waals surface area contributed by atoms with Crippen molar-refractivity contribution in [1.29, 1.82) is 0 Å². The van der Waals surface area contributed by atoms with Crippen LogP contribution in [0.25, 0.3) is 11.3 Å². The smallest absolute Gasteiger partial charge is 0.156 e. The molecule has 0 atom stereocenters. The molecule has 4 nitrogen and oxygen atoms in total. The summed E-state index contributed by atoms with van der Waals surface area (Å²) in [4.78, 5) is 0. The lowest BCUT2D eigenvalue weighted by atomic mass is 10.1. The molecule has 3 aromatic rings. The Balaban J connectivity index is 1.71. The molecule has 0 saturated carbocycles. The molecule has 0 unspecified atom stereocenters. The molecule has 2 N–H and O–H groups in total. The van der Waals surface area contributed by atoms with Crippen molar-refractivity contribution < 1.29 is 9.63 Å². The minimum atomic E-state index is -0.0221. The Morgan fingerprint density at radius 3 is 2.65 bits per heavy atom. The first-order chi connectivity index (χ1) is 11.2. The van der Waals surface area contributed by atoms with Crippen molar-refractivity contribution in [2.45, 2.75) is 20.1 Å². The maximum absolute atomic E-state index is 9.19. The van der Waals surface area contributed by atoms with E-state index in [4.69, 9.17) is 16.1 Å². The lowest BCUT2D eigenvalue weighted by Crippen LogP contribution is -1.99. The molecular formula is C18H17ClN2O2. The van der Waals surface area contributed by atoms with Gasteiger partial charge in [-0.25, -0.2) is 0 Å². The molecule has 0 aliphatic rings. The van der Waals surface area contributed by atoms with Crippen molar-refractivity contribution in [3.63, 3.8) is 0 Å². The number of aliphatic hydroxyl groups is 1. The largest absolute Gasteiger partial charge is 0.392 e. The molecule has 0 saturated heterocycles. The van der Waals surface area contributed by atoms with Crippen LogP contribution in [0.4, 0.5) is 5.69 Å². The van der Waals surface area contributed by atoms with Gasteiger partial charge in [-0.3, -0.25) is 0 Å². The molecule has 0 bridgehead atoms. The summed E-state index contributed by atoms with van der Waals surface area (Å²) in [5.41, 5.74) is 4.58. The predicted octanol–water partition coefficient (Wildman–Crippen LogP) is 4.41. The molecule has 1 heterocycles. The second-order valence-electron chi connectivity index (χ2n) is 5.37. The summed E-state index contributed by atoms with van der Waals surface area (Å²) >= 11 is 6.14. The van der Waals surface area contributed by atoms with Gasteiger partial charge < -0.3 is 14.9 Å². The van der Waals surface area contributed by atoms with Gasteiger partial charge in [-0.1, -0.05) is 52.7 Å². The molecule has 0 aliphatic carbocycles. The fraction of sp³-hybridized carbons (Fsp3) is 0.167. The zero-order valence-electron chi connectivity index (χ0n) is 12.7. The third kappa shape index (κ3) is 3.73. The van der Waals surface area contributed by atoms with Crippen LogP contribution in [0, 0.1) is 6.92 Å². The van der Waals surface area contributed by atoms with Crippen molar-refractivity contribution in [3.05, 3.63) is 70.4 Å². The first-order valence-corrected chi connectivity index (χ1v) is 7.69. The summed E-state index contributed by atoms with van der Waals surface area (Å²) in [6.07, 6.45) is 0. The number of aromatic nitrogens is 1. The predicted molar refractivity (Wildman–Crippen MR) is 91.4 cm³/mol. The van der Waals surface area contributed by atoms with Gasteiger partial charge in [-0.05, 0) is 24.6 Å². The molecule has 0 spiro atoms. The lowest BCUT2D eigenvalue weighted by molar-refractivity contribution is 0.282. The number of hydrogen-bond acceptors (Lipinski definition) is 4.